The van der Waals surface area contributed by atoms with Crippen molar-refractivity contribution in [1.29, 1.82) is 0 Å². The van der Waals surface area contributed by atoms with Crippen molar-refractivity contribution in [3.63, 3.8) is 0 Å². The Morgan fingerprint density at radius 1 is 0.597 bits per heavy atom. The minimum absolute atomic E-state index is 0.00875. The number of phosphoric ester groups is 1. The summed E-state index contributed by atoms with van der Waals surface area (Å²) in [6, 6.07) is 0. The van der Waals surface area contributed by atoms with Crippen LogP contribution in [0.4, 0.5) is 0 Å². The highest BCUT2D eigenvalue weighted by Gasteiger charge is 2.27. The Hall–Kier alpha value is -3.15. The molecular formula is C50H85NO10P+. The van der Waals surface area contributed by atoms with Crippen molar-refractivity contribution in [3.05, 3.63) is 97.2 Å². The van der Waals surface area contributed by atoms with Gasteiger partial charge in [-0.3, -0.25) is 18.6 Å². The van der Waals surface area contributed by atoms with E-state index < -0.39 is 44.7 Å². The van der Waals surface area contributed by atoms with Gasteiger partial charge in [-0.1, -0.05) is 156 Å². The summed E-state index contributed by atoms with van der Waals surface area (Å²) < 4.78 is 34.2. The van der Waals surface area contributed by atoms with Crippen LogP contribution in [-0.2, 0) is 32.7 Å². The van der Waals surface area contributed by atoms with Crippen LogP contribution in [0.15, 0.2) is 97.2 Å². The van der Waals surface area contributed by atoms with Crippen molar-refractivity contribution in [1.82, 2.24) is 0 Å². The van der Waals surface area contributed by atoms with Crippen molar-refractivity contribution in [2.75, 3.05) is 47.5 Å². The zero-order valence-corrected chi connectivity index (χ0v) is 39.9. The number of rotatable bonds is 40. The van der Waals surface area contributed by atoms with Crippen molar-refractivity contribution in [3.8, 4) is 0 Å². The van der Waals surface area contributed by atoms with Crippen LogP contribution in [0.1, 0.15) is 142 Å². The van der Waals surface area contributed by atoms with E-state index in [0.717, 1.165) is 38.5 Å². The Morgan fingerprint density at radius 3 is 1.71 bits per heavy atom. The molecule has 0 aromatic carbocycles. The standard InChI is InChI=1S/C50H84NO10P/c1-6-8-10-11-12-13-14-15-16-17-18-19-20-21-22-26-34-40-49(54)58-44-48(45-60-62(56,57)59-43-42-51(3,4)5)61-50(55)41-35-27-24-23-25-31-37-47(53)39-33-29-28-32-38-46(52)36-30-9-7-2/h9,12-13,15-16,24-25,27-33,38-39,46-48,52-53H,6-8,10-11,14,17-23,26,34-37,40-45H2,1-5H3/p+1/b13-12-,16-15-,27-24-,29-28-,30-9-,31-25-,38-32+,39-33+/t46-,47+,48+/m0/s1. The molecule has 0 saturated carbocycles. The van der Waals surface area contributed by atoms with Gasteiger partial charge >= 0.3 is 19.8 Å². The van der Waals surface area contributed by atoms with E-state index in [9.17, 15) is 29.3 Å². The van der Waals surface area contributed by atoms with Crippen LogP contribution in [0.5, 0.6) is 0 Å². The monoisotopic (exact) mass is 891 g/mol. The number of carbonyl (C=O) groups excluding carboxylic acids is 2. The van der Waals surface area contributed by atoms with E-state index in [1.807, 2.05) is 64.5 Å². The molecule has 0 aromatic heterocycles. The number of unbranched alkanes of at least 4 members (excludes halogenated alkanes) is 10. The molecule has 3 N–H and O–H groups in total. The van der Waals surface area contributed by atoms with Crippen LogP contribution in [-0.4, -0.2) is 97.3 Å². The van der Waals surface area contributed by atoms with Crippen molar-refractivity contribution >= 4 is 19.8 Å². The summed E-state index contributed by atoms with van der Waals surface area (Å²) in [6.45, 7) is 3.97. The van der Waals surface area contributed by atoms with E-state index >= 15 is 0 Å². The lowest BCUT2D eigenvalue weighted by Crippen LogP contribution is -2.37. The molecule has 12 heteroatoms. The number of esters is 2. The maximum absolute atomic E-state index is 12.7. The normalized spacial score (nSPS) is 15.4. The summed E-state index contributed by atoms with van der Waals surface area (Å²) in [4.78, 5) is 35.4. The molecule has 4 atom stereocenters. The van der Waals surface area contributed by atoms with E-state index in [0.29, 0.717) is 43.1 Å². The summed E-state index contributed by atoms with van der Waals surface area (Å²) in [5.74, 6) is -0.984. The number of nitrogens with zero attached hydrogens (tertiary/aromatic N) is 1. The number of hydrogen-bond acceptors (Lipinski definition) is 9. The highest BCUT2D eigenvalue weighted by atomic mass is 31.2. The molecular weight excluding hydrogens is 806 g/mol. The zero-order valence-electron chi connectivity index (χ0n) is 39.0. The second kappa shape index (κ2) is 40.6. The van der Waals surface area contributed by atoms with E-state index in [2.05, 4.69) is 31.2 Å². The Labute approximate surface area is 376 Å². The first-order chi connectivity index (χ1) is 29.8. The maximum atomic E-state index is 12.7. The van der Waals surface area contributed by atoms with Crippen LogP contribution in [0, 0.1) is 0 Å². The molecule has 0 aliphatic heterocycles. The molecule has 11 nitrogen and oxygen atoms in total. The lowest BCUT2D eigenvalue weighted by molar-refractivity contribution is -0.870. The van der Waals surface area contributed by atoms with Gasteiger partial charge in [-0.2, -0.15) is 0 Å². The van der Waals surface area contributed by atoms with E-state index in [4.69, 9.17) is 18.5 Å². The minimum Gasteiger partial charge on any atom is -0.462 e. The van der Waals surface area contributed by atoms with E-state index in [-0.39, 0.29) is 26.1 Å². The van der Waals surface area contributed by atoms with Crippen LogP contribution >= 0.6 is 7.82 Å². The number of aliphatic hydroxyl groups is 2. The molecule has 0 aliphatic carbocycles. The summed E-state index contributed by atoms with van der Waals surface area (Å²) >= 11 is 0. The number of hydrogen-bond donors (Lipinski definition) is 3. The largest absolute Gasteiger partial charge is 0.472 e. The highest BCUT2D eigenvalue weighted by Crippen LogP contribution is 2.43. The van der Waals surface area contributed by atoms with Gasteiger partial charge in [0.1, 0.15) is 19.8 Å². The van der Waals surface area contributed by atoms with Crippen LogP contribution in [0.25, 0.3) is 0 Å². The fraction of sp³-hybridized carbons (Fsp3) is 0.640. The molecule has 354 valence electrons. The summed E-state index contributed by atoms with van der Waals surface area (Å²) in [5, 5.41) is 20.0. The first-order valence-corrected chi connectivity index (χ1v) is 24.7. The van der Waals surface area contributed by atoms with Gasteiger partial charge in [-0.05, 0) is 70.6 Å². The van der Waals surface area contributed by atoms with Gasteiger partial charge in [0, 0.05) is 12.8 Å². The predicted molar refractivity (Wildman–Crippen MR) is 254 cm³/mol. The topological polar surface area (TPSA) is 149 Å². The number of likely N-dealkylation sites (N-methyl/N-ethyl adjacent to an activating group) is 1. The molecule has 0 amide bonds. The molecule has 0 heterocycles. The number of phosphoric acid groups is 1. The first-order valence-electron chi connectivity index (χ1n) is 23.2. The van der Waals surface area contributed by atoms with Crippen molar-refractivity contribution < 1.29 is 52.3 Å². The second-order valence-corrected chi connectivity index (χ2v) is 17.9. The molecule has 0 bridgehead atoms. The fourth-order valence-electron chi connectivity index (χ4n) is 5.60. The third-order valence-electron chi connectivity index (χ3n) is 9.28. The number of carbonyl (C=O) groups is 2. The lowest BCUT2D eigenvalue weighted by Gasteiger charge is -2.24. The molecule has 1 unspecified atom stereocenters. The highest BCUT2D eigenvalue weighted by molar-refractivity contribution is 7.47. The summed E-state index contributed by atoms with van der Waals surface area (Å²) in [5.41, 5.74) is 0. The van der Waals surface area contributed by atoms with Gasteiger partial charge in [0.25, 0.3) is 0 Å². The summed E-state index contributed by atoms with van der Waals surface area (Å²) in [6.07, 6.45) is 46.7. The molecule has 0 spiro atoms. The average molecular weight is 891 g/mol. The molecule has 0 radical (unpaired) electrons. The maximum Gasteiger partial charge on any atom is 0.472 e. The van der Waals surface area contributed by atoms with Gasteiger partial charge in [0.2, 0.25) is 0 Å². The van der Waals surface area contributed by atoms with Gasteiger partial charge in [-0.15, -0.1) is 0 Å². The Morgan fingerprint density at radius 2 is 1.13 bits per heavy atom. The Bertz CT molecular complexity index is 1410. The van der Waals surface area contributed by atoms with Crippen LogP contribution in [0.3, 0.4) is 0 Å². The predicted octanol–water partition coefficient (Wildman–Crippen LogP) is 11.3. The molecule has 0 fully saturated rings. The SMILES string of the molecule is CC/C=C\C[C@H](O)/C=C/C=C\C=C\[C@H](O)C/C=C\C/C=C\CCC(=O)O[C@H](COC(=O)CCCCCCCCC/C=C\C/C=C\CCCCC)COP(=O)(O)OCC[N+](C)(C)C. The van der Waals surface area contributed by atoms with Crippen LogP contribution < -0.4 is 0 Å². The van der Waals surface area contributed by atoms with Gasteiger partial charge in [-0.25, -0.2) is 4.57 Å². The molecule has 0 saturated heterocycles. The third kappa shape index (κ3) is 43.5. The van der Waals surface area contributed by atoms with Gasteiger partial charge in [0.15, 0.2) is 6.10 Å². The smallest absolute Gasteiger partial charge is 0.462 e. The van der Waals surface area contributed by atoms with Crippen molar-refractivity contribution in [2.24, 2.45) is 0 Å². The molecule has 0 aliphatic rings. The molecule has 0 rings (SSSR count). The average Bonchev–Trinajstić information content (AvgIpc) is 3.21. The van der Waals surface area contributed by atoms with Crippen LogP contribution in [0.2, 0.25) is 0 Å². The Balaban J connectivity index is 4.60. The third-order valence-corrected chi connectivity index (χ3v) is 10.3. The zero-order chi connectivity index (χ0) is 46.0. The van der Waals surface area contributed by atoms with Gasteiger partial charge < -0.3 is 29.1 Å². The molecule has 0 aromatic rings. The molecule has 62 heavy (non-hydrogen) atoms. The quantitative estimate of drug-likeness (QED) is 0.0136. The number of aliphatic hydroxyl groups excluding tert-OH is 2. The lowest BCUT2D eigenvalue weighted by atomic mass is 10.1. The van der Waals surface area contributed by atoms with Gasteiger partial charge in [0.05, 0.1) is 40.0 Å². The minimum atomic E-state index is -4.43. The Kier molecular flexibility index (Phi) is 38.5. The first kappa shape index (κ1) is 58.9. The van der Waals surface area contributed by atoms with Crippen molar-refractivity contribution in [2.45, 2.75) is 161 Å². The second-order valence-electron chi connectivity index (χ2n) is 16.5. The number of allylic oxidation sites excluding steroid dienone is 12. The summed E-state index contributed by atoms with van der Waals surface area (Å²) in [7, 11) is 1.34. The van der Waals surface area contributed by atoms with E-state index in [1.54, 1.807) is 36.5 Å². The number of quaternary nitrogens is 1. The fourth-order valence-corrected chi connectivity index (χ4v) is 6.34. The van der Waals surface area contributed by atoms with E-state index in [1.165, 1.54) is 44.9 Å². The number of ether oxygens (including phenoxy) is 2.